The minimum atomic E-state index is -0.377. The fraction of sp³-hybridized carbons (Fsp3) is 0. The summed E-state index contributed by atoms with van der Waals surface area (Å²) in [6.45, 7) is 0. The molecule has 1 atom stereocenters. The summed E-state index contributed by atoms with van der Waals surface area (Å²) in [6, 6.07) is 9.62. The topological polar surface area (TPSA) is 35.5 Å². The van der Waals surface area contributed by atoms with Crippen molar-refractivity contribution in [3.05, 3.63) is 51.7 Å². The molecule has 7 heteroatoms. The van der Waals surface area contributed by atoms with E-state index in [0.717, 1.165) is 5.17 Å². The van der Waals surface area contributed by atoms with Gasteiger partial charge in [-0.3, -0.25) is 10.6 Å². The molecule has 2 N–H and O–H groups in total. The molecule has 0 bridgehead atoms. The molecule has 0 aromatic heterocycles. The average molecular weight is 364 g/mol. The molecule has 3 nitrogen and oxygen atoms in total. The number of para-hydroxylation sites is 1. The van der Waals surface area contributed by atoms with Gasteiger partial charge in [0.25, 0.3) is 0 Å². The molecule has 0 fully saturated rings. The first-order valence-corrected chi connectivity index (χ1v) is 6.99. The van der Waals surface area contributed by atoms with Crippen LogP contribution in [0.3, 0.4) is 0 Å². The number of rotatable bonds is 3. The summed E-state index contributed by atoms with van der Waals surface area (Å²) in [6.07, 6.45) is 0. The third kappa shape index (κ3) is 3.18. The van der Waals surface area contributed by atoms with Crippen LogP contribution in [0.4, 0.5) is 15.8 Å². The number of hydrogen-bond donors (Lipinski definition) is 2. The summed E-state index contributed by atoms with van der Waals surface area (Å²) < 4.78 is 13.6. The molecule has 0 spiro atoms. The largest absolute Gasteiger partial charge is 0.274 e. The monoisotopic (exact) mass is 362 g/mol. The molecule has 0 aliphatic rings. The van der Waals surface area contributed by atoms with E-state index in [9.17, 15) is 9.60 Å². The van der Waals surface area contributed by atoms with Crippen molar-refractivity contribution in [2.45, 2.75) is 0 Å². The van der Waals surface area contributed by atoms with Crippen LogP contribution in [0.25, 0.3) is 0 Å². The summed E-state index contributed by atoms with van der Waals surface area (Å²) in [4.78, 5) is 0. The Hall–Kier alpha value is -0.870. The van der Waals surface area contributed by atoms with Gasteiger partial charge in [0.05, 0.1) is 15.2 Å². The van der Waals surface area contributed by atoms with Gasteiger partial charge in [0.1, 0.15) is 11.5 Å². The van der Waals surface area contributed by atoms with E-state index in [1.165, 1.54) is 12.1 Å². The molecule has 0 heterocycles. The minimum Gasteiger partial charge on any atom is -0.274 e. The zero-order valence-electron chi connectivity index (χ0n) is 9.57. The van der Waals surface area contributed by atoms with Gasteiger partial charge in [0, 0.05) is 5.30 Å². The second-order valence-corrected chi connectivity index (χ2v) is 5.48. The highest BCUT2D eigenvalue weighted by molar-refractivity contribution is 9.10. The SMILES string of the molecule is ON(Nc1ccc(F)c(Br)c1P)c1ccccc1Cl. The zero-order valence-corrected chi connectivity index (χ0v) is 13.1. The van der Waals surface area contributed by atoms with Crippen molar-refractivity contribution in [1.29, 1.82) is 0 Å². The van der Waals surface area contributed by atoms with Crippen LogP contribution in [-0.2, 0) is 0 Å². The number of hydrazine groups is 1. The lowest BCUT2D eigenvalue weighted by Crippen LogP contribution is -2.28. The van der Waals surface area contributed by atoms with Crippen molar-refractivity contribution in [2.24, 2.45) is 0 Å². The van der Waals surface area contributed by atoms with Crippen molar-refractivity contribution in [1.82, 2.24) is 0 Å². The molecular weight excluding hydrogens is 353 g/mol. The summed E-state index contributed by atoms with van der Waals surface area (Å²) in [5.74, 6) is -0.377. The van der Waals surface area contributed by atoms with Crippen LogP contribution < -0.4 is 15.9 Å². The van der Waals surface area contributed by atoms with Gasteiger partial charge in [-0.2, -0.15) is 5.17 Å². The molecule has 1 unspecified atom stereocenters. The number of hydrogen-bond acceptors (Lipinski definition) is 3. The molecule has 0 aliphatic carbocycles. The number of halogens is 3. The minimum absolute atomic E-state index is 0.315. The smallest absolute Gasteiger partial charge is 0.138 e. The molecule has 2 aromatic carbocycles. The van der Waals surface area contributed by atoms with Crippen molar-refractivity contribution in [2.75, 3.05) is 10.6 Å². The molecule has 0 amide bonds. The maximum Gasteiger partial charge on any atom is 0.138 e. The van der Waals surface area contributed by atoms with Crippen LogP contribution in [0.5, 0.6) is 0 Å². The lowest BCUT2D eigenvalue weighted by Gasteiger charge is -2.21. The quantitative estimate of drug-likeness (QED) is 0.640. The second kappa shape index (κ2) is 6.06. The maximum atomic E-state index is 13.3. The normalized spacial score (nSPS) is 10.4. The predicted octanol–water partition coefficient (Wildman–Crippen LogP) is 3.96. The maximum absolute atomic E-state index is 13.3. The van der Waals surface area contributed by atoms with Crippen LogP contribution in [0, 0.1) is 5.82 Å². The molecule has 19 heavy (non-hydrogen) atoms. The van der Waals surface area contributed by atoms with Crippen molar-refractivity contribution < 1.29 is 9.60 Å². The molecule has 0 saturated carbocycles. The Balaban J connectivity index is 2.27. The number of anilines is 2. The molecule has 100 valence electrons. The average Bonchev–Trinajstić information content (AvgIpc) is 2.40. The van der Waals surface area contributed by atoms with Crippen LogP contribution in [0.15, 0.2) is 40.9 Å². The van der Waals surface area contributed by atoms with E-state index >= 15 is 0 Å². The standard InChI is InChI=1S/C12H10BrClFN2OP/c13-11-8(15)5-6-9(12(11)19)16-17(18)10-4-2-1-3-7(10)14/h1-6,16,18H,19H2. The zero-order chi connectivity index (χ0) is 14.0. The number of nitrogens with zero attached hydrogens (tertiary/aromatic N) is 1. The lowest BCUT2D eigenvalue weighted by atomic mass is 10.3. The first kappa shape index (κ1) is 14.5. The highest BCUT2D eigenvalue weighted by atomic mass is 79.9. The fourth-order valence-corrected chi connectivity index (χ4v) is 2.32. The van der Waals surface area contributed by atoms with E-state index in [4.69, 9.17) is 11.6 Å². The first-order chi connectivity index (χ1) is 9.00. The third-order valence-corrected chi connectivity index (χ3v) is 4.59. The Morgan fingerprint density at radius 2 is 1.95 bits per heavy atom. The highest BCUT2D eigenvalue weighted by Gasteiger charge is 2.12. The molecule has 2 aromatic rings. The van der Waals surface area contributed by atoms with E-state index in [1.807, 2.05) is 0 Å². The van der Waals surface area contributed by atoms with E-state index in [2.05, 4.69) is 30.6 Å². The van der Waals surface area contributed by atoms with Gasteiger partial charge in [-0.15, -0.1) is 9.24 Å². The van der Waals surface area contributed by atoms with E-state index < -0.39 is 0 Å². The van der Waals surface area contributed by atoms with E-state index in [-0.39, 0.29) is 5.82 Å². The molecule has 0 radical (unpaired) electrons. The van der Waals surface area contributed by atoms with Gasteiger partial charge in [0.2, 0.25) is 0 Å². The predicted molar refractivity (Wildman–Crippen MR) is 82.8 cm³/mol. The van der Waals surface area contributed by atoms with Gasteiger partial charge in [0.15, 0.2) is 0 Å². The number of nitrogens with one attached hydrogen (secondary N) is 1. The van der Waals surface area contributed by atoms with Gasteiger partial charge >= 0.3 is 0 Å². The lowest BCUT2D eigenvalue weighted by molar-refractivity contribution is 0.277. The third-order valence-electron chi connectivity index (χ3n) is 2.44. The Morgan fingerprint density at radius 3 is 2.63 bits per heavy atom. The van der Waals surface area contributed by atoms with Crippen molar-refractivity contribution in [3.63, 3.8) is 0 Å². The number of benzene rings is 2. The summed E-state index contributed by atoms with van der Waals surface area (Å²) in [7, 11) is 2.40. The Labute approximate surface area is 125 Å². The van der Waals surface area contributed by atoms with E-state index in [0.29, 0.717) is 26.2 Å². The molecule has 2 rings (SSSR count). The molecule has 0 saturated heterocycles. The van der Waals surface area contributed by atoms with Gasteiger partial charge in [-0.25, -0.2) is 4.39 Å². The Kier molecular flexibility index (Phi) is 4.63. The van der Waals surface area contributed by atoms with Crippen LogP contribution >= 0.6 is 36.8 Å². The van der Waals surface area contributed by atoms with Gasteiger partial charge in [-0.05, 0) is 40.2 Å². The molecular formula is C12H10BrClFN2OP. The Morgan fingerprint density at radius 1 is 1.26 bits per heavy atom. The Bertz CT molecular complexity index is 614. The highest BCUT2D eigenvalue weighted by Crippen LogP contribution is 2.26. The van der Waals surface area contributed by atoms with Crippen molar-refractivity contribution in [3.8, 4) is 0 Å². The summed E-state index contributed by atoms with van der Waals surface area (Å²) in [5, 5.41) is 11.7. The van der Waals surface area contributed by atoms with Crippen molar-refractivity contribution >= 4 is 53.5 Å². The van der Waals surface area contributed by atoms with Crippen LogP contribution in [0.2, 0.25) is 5.02 Å². The summed E-state index contributed by atoms with van der Waals surface area (Å²) >= 11 is 9.09. The van der Waals surface area contributed by atoms with E-state index in [1.54, 1.807) is 24.3 Å². The summed E-state index contributed by atoms with van der Waals surface area (Å²) in [5.41, 5.74) is 3.65. The van der Waals surface area contributed by atoms with Crippen LogP contribution in [0.1, 0.15) is 0 Å². The second-order valence-electron chi connectivity index (χ2n) is 3.70. The first-order valence-electron chi connectivity index (χ1n) is 5.24. The van der Waals surface area contributed by atoms with Gasteiger partial charge < -0.3 is 0 Å². The fourth-order valence-electron chi connectivity index (χ4n) is 1.46. The van der Waals surface area contributed by atoms with Gasteiger partial charge in [-0.1, -0.05) is 23.7 Å². The van der Waals surface area contributed by atoms with Crippen LogP contribution in [-0.4, -0.2) is 5.21 Å². The molecule has 0 aliphatic heterocycles.